The molecule has 1 aromatic rings. The summed E-state index contributed by atoms with van der Waals surface area (Å²) in [6.45, 7) is 2.26. The number of fused-ring (bicyclic) bond motifs is 1. The van der Waals surface area contributed by atoms with Crippen molar-refractivity contribution in [1.29, 1.82) is 0 Å². The summed E-state index contributed by atoms with van der Waals surface area (Å²) in [5, 5.41) is 2.95. The van der Waals surface area contributed by atoms with Crippen LogP contribution in [0.3, 0.4) is 0 Å². The summed E-state index contributed by atoms with van der Waals surface area (Å²) >= 11 is 0. The number of amidine groups is 1. The molecule has 0 bridgehead atoms. The van der Waals surface area contributed by atoms with Crippen LogP contribution in [0.25, 0.3) is 0 Å². The van der Waals surface area contributed by atoms with E-state index >= 15 is 0 Å². The van der Waals surface area contributed by atoms with Gasteiger partial charge in [0, 0.05) is 12.7 Å². The number of benzene rings is 1. The minimum Gasteiger partial charge on any atom is -0.497 e. The van der Waals surface area contributed by atoms with Crippen LogP contribution in [0, 0.1) is 0 Å². The van der Waals surface area contributed by atoms with Crippen LogP contribution in [-0.4, -0.2) is 41.7 Å². The number of rotatable bonds is 5. The standard InChI is InChI=1S/C19H21N3O3/c1-19(13-17(23)21-16-5-3-4-12-22(16)19)18(24)20-11-10-14-6-8-15(25-2)9-7-14/h3-9,12H,10-11,13H2,1-2H3,(H,20,24). The van der Waals surface area contributed by atoms with Crippen molar-refractivity contribution < 1.29 is 14.3 Å². The van der Waals surface area contributed by atoms with E-state index in [9.17, 15) is 9.59 Å². The summed E-state index contributed by atoms with van der Waals surface area (Å²) in [4.78, 5) is 30.5. The Balaban J connectivity index is 1.63. The molecule has 2 heterocycles. The van der Waals surface area contributed by atoms with E-state index in [4.69, 9.17) is 4.74 Å². The molecule has 130 valence electrons. The Morgan fingerprint density at radius 1 is 1.32 bits per heavy atom. The van der Waals surface area contributed by atoms with E-state index in [1.165, 1.54) is 0 Å². The average Bonchev–Trinajstić information content (AvgIpc) is 2.62. The van der Waals surface area contributed by atoms with Crippen molar-refractivity contribution in [2.45, 2.75) is 25.3 Å². The highest BCUT2D eigenvalue weighted by Crippen LogP contribution is 2.28. The molecule has 0 spiro atoms. The van der Waals surface area contributed by atoms with E-state index < -0.39 is 5.54 Å². The van der Waals surface area contributed by atoms with Gasteiger partial charge in [-0.05, 0) is 43.2 Å². The van der Waals surface area contributed by atoms with Gasteiger partial charge in [0.15, 0.2) is 0 Å². The largest absolute Gasteiger partial charge is 0.497 e. The van der Waals surface area contributed by atoms with Gasteiger partial charge in [0.2, 0.25) is 5.91 Å². The molecule has 0 aliphatic carbocycles. The molecule has 0 saturated heterocycles. The van der Waals surface area contributed by atoms with E-state index in [2.05, 4.69) is 10.3 Å². The number of allylic oxidation sites excluding steroid dienone is 2. The number of methoxy groups -OCH3 is 1. The molecule has 1 unspecified atom stereocenters. The quantitative estimate of drug-likeness (QED) is 0.888. The third-order valence-electron chi connectivity index (χ3n) is 4.45. The maximum atomic E-state index is 12.8. The minimum atomic E-state index is -0.963. The number of hydrogen-bond donors (Lipinski definition) is 1. The zero-order valence-corrected chi connectivity index (χ0v) is 14.4. The summed E-state index contributed by atoms with van der Waals surface area (Å²) in [5.74, 6) is 0.852. The molecular weight excluding hydrogens is 318 g/mol. The first-order valence-electron chi connectivity index (χ1n) is 8.20. The first-order chi connectivity index (χ1) is 12.0. The molecule has 1 N–H and O–H groups in total. The Morgan fingerprint density at radius 2 is 2.08 bits per heavy atom. The molecule has 6 heteroatoms. The van der Waals surface area contributed by atoms with Gasteiger partial charge in [0.1, 0.15) is 17.1 Å². The van der Waals surface area contributed by atoms with Gasteiger partial charge in [-0.2, -0.15) is 4.99 Å². The van der Waals surface area contributed by atoms with Crippen molar-refractivity contribution in [1.82, 2.24) is 10.2 Å². The van der Waals surface area contributed by atoms with Crippen molar-refractivity contribution in [3.05, 3.63) is 54.3 Å². The number of nitrogens with zero attached hydrogens (tertiary/aromatic N) is 2. The molecule has 6 nitrogen and oxygen atoms in total. The Morgan fingerprint density at radius 3 is 2.80 bits per heavy atom. The highest BCUT2D eigenvalue weighted by Gasteiger charge is 2.44. The Labute approximate surface area is 146 Å². The second kappa shape index (κ2) is 6.93. The zero-order valence-electron chi connectivity index (χ0n) is 14.4. The normalized spacial score (nSPS) is 21.6. The van der Waals surface area contributed by atoms with E-state index in [-0.39, 0.29) is 18.2 Å². The predicted octanol–water partition coefficient (Wildman–Crippen LogP) is 1.83. The van der Waals surface area contributed by atoms with E-state index in [0.717, 1.165) is 11.3 Å². The van der Waals surface area contributed by atoms with E-state index in [1.807, 2.05) is 30.3 Å². The summed E-state index contributed by atoms with van der Waals surface area (Å²) in [6.07, 6.45) is 7.92. The van der Waals surface area contributed by atoms with Crippen molar-refractivity contribution in [3.8, 4) is 5.75 Å². The fourth-order valence-electron chi connectivity index (χ4n) is 2.98. The summed E-state index contributed by atoms with van der Waals surface area (Å²) in [6, 6.07) is 7.73. The first kappa shape index (κ1) is 17.0. The highest BCUT2D eigenvalue weighted by molar-refractivity contribution is 6.09. The average molecular weight is 339 g/mol. The third kappa shape index (κ3) is 3.47. The van der Waals surface area contributed by atoms with Gasteiger partial charge >= 0.3 is 0 Å². The second-order valence-electron chi connectivity index (χ2n) is 6.24. The molecule has 2 aliphatic rings. The van der Waals surface area contributed by atoms with Crippen molar-refractivity contribution >= 4 is 17.6 Å². The lowest BCUT2D eigenvalue weighted by Crippen LogP contribution is -2.60. The van der Waals surface area contributed by atoms with Gasteiger partial charge in [-0.1, -0.05) is 18.2 Å². The van der Waals surface area contributed by atoms with Crippen LogP contribution in [0.15, 0.2) is 53.7 Å². The third-order valence-corrected chi connectivity index (χ3v) is 4.45. The van der Waals surface area contributed by atoms with Gasteiger partial charge < -0.3 is 15.0 Å². The van der Waals surface area contributed by atoms with E-state index in [1.54, 1.807) is 37.3 Å². The van der Waals surface area contributed by atoms with Crippen LogP contribution in [0.2, 0.25) is 0 Å². The lowest BCUT2D eigenvalue weighted by Gasteiger charge is -2.41. The number of carbonyl (C=O) groups excluding carboxylic acids is 2. The van der Waals surface area contributed by atoms with Gasteiger partial charge in [0.25, 0.3) is 5.91 Å². The predicted molar refractivity (Wildman–Crippen MR) is 95.3 cm³/mol. The summed E-state index contributed by atoms with van der Waals surface area (Å²) < 4.78 is 5.13. The molecular formula is C19H21N3O3. The van der Waals surface area contributed by atoms with Gasteiger partial charge in [-0.3, -0.25) is 9.59 Å². The van der Waals surface area contributed by atoms with Crippen molar-refractivity contribution in [3.63, 3.8) is 0 Å². The molecule has 1 atom stereocenters. The molecule has 0 aromatic heterocycles. The molecule has 0 fully saturated rings. The lowest BCUT2D eigenvalue weighted by molar-refractivity contribution is -0.134. The number of nitrogens with one attached hydrogen (secondary N) is 1. The van der Waals surface area contributed by atoms with Crippen LogP contribution in [0.5, 0.6) is 5.75 Å². The molecule has 25 heavy (non-hydrogen) atoms. The smallest absolute Gasteiger partial charge is 0.250 e. The van der Waals surface area contributed by atoms with Crippen molar-refractivity contribution in [2.24, 2.45) is 4.99 Å². The van der Waals surface area contributed by atoms with Crippen LogP contribution in [0.4, 0.5) is 0 Å². The van der Waals surface area contributed by atoms with Gasteiger partial charge in [-0.15, -0.1) is 0 Å². The molecule has 2 amide bonds. The Hall–Kier alpha value is -2.89. The molecule has 2 aliphatic heterocycles. The molecule has 0 saturated carbocycles. The first-order valence-corrected chi connectivity index (χ1v) is 8.20. The number of carbonyl (C=O) groups is 2. The maximum Gasteiger partial charge on any atom is 0.250 e. The van der Waals surface area contributed by atoms with Crippen LogP contribution < -0.4 is 10.1 Å². The molecule has 1 aromatic carbocycles. The fourth-order valence-corrected chi connectivity index (χ4v) is 2.98. The number of hydrogen-bond acceptors (Lipinski definition) is 4. The van der Waals surface area contributed by atoms with Crippen LogP contribution in [-0.2, 0) is 16.0 Å². The number of ether oxygens (including phenoxy) is 1. The Kier molecular flexibility index (Phi) is 4.70. The Bertz CT molecular complexity index is 765. The molecule has 0 radical (unpaired) electrons. The summed E-state index contributed by atoms with van der Waals surface area (Å²) in [5.41, 5.74) is 0.143. The lowest BCUT2D eigenvalue weighted by atomic mass is 9.91. The highest BCUT2D eigenvalue weighted by atomic mass is 16.5. The fraction of sp³-hybridized carbons (Fsp3) is 0.316. The monoisotopic (exact) mass is 339 g/mol. The number of amides is 2. The zero-order chi connectivity index (χ0) is 17.9. The van der Waals surface area contributed by atoms with Gasteiger partial charge in [-0.25, -0.2) is 0 Å². The van der Waals surface area contributed by atoms with Crippen LogP contribution >= 0.6 is 0 Å². The number of aliphatic imine (C=N–C) groups is 1. The topological polar surface area (TPSA) is 71.0 Å². The summed E-state index contributed by atoms with van der Waals surface area (Å²) in [7, 11) is 1.63. The second-order valence-corrected chi connectivity index (χ2v) is 6.24. The SMILES string of the molecule is COc1ccc(CCNC(=O)C2(C)CC(=O)N=C3C=CC=CN32)cc1. The minimum absolute atomic E-state index is 0.0586. The molecule has 3 rings (SSSR count). The van der Waals surface area contributed by atoms with Crippen molar-refractivity contribution in [2.75, 3.05) is 13.7 Å². The van der Waals surface area contributed by atoms with Crippen LogP contribution in [0.1, 0.15) is 18.9 Å². The van der Waals surface area contributed by atoms with E-state index in [0.29, 0.717) is 18.8 Å². The van der Waals surface area contributed by atoms with Gasteiger partial charge in [0.05, 0.1) is 13.5 Å². The maximum absolute atomic E-state index is 12.8.